The monoisotopic (exact) mass is 276 g/mol. The minimum Gasteiger partial charge on any atom is -0.465 e. The van der Waals surface area contributed by atoms with Crippen molar-refractivity contribution < 1.29 is 14.3 Å². The van der Waals surface area contributed by atoms with Gasteiger partial charge in [-0.3, -0.25) is 9.69 Å². The Balaban J connectivity index is 2.01. The van der Waals surface area contributed by atoms with Crippen molar-refractivity contribution in [1.29, 1.82) is 0 Å². The zero-order valence-corrected chi connectivity index (χ0v) is 11.9. The van der Waals surface area contributed by atoms with Gasteiger partial charge in [-0.2, -0.15) is 0 Å². The van der Waals surface area contributed by atoms with E-state index in [0.717, 1.165) is 25.1 Å². The summed E-state index contributed by atoms with van der Waals surface area (Å²) in [6.45, 7) is 3.96. The summed E-state index contributed by atoms with van der Waals surface area (Å²) in [7, 11) is 1.39. The Morgan fingerprint density at radius 3 is 2.85 bits per heavy atom. The Bertz CT molecular complexity index is 502. The molecule has 5 heteroatoms. The number of hydrogen-bond acceptors (Lipinski definition) is 4. The molecule has 0 radical (unpaired) electrons. The number of nitrogens with zero attached hydrogens (tertiary/aromatic N) is 1. The van der Waals surface area contributed by atoms with Crippen LogP contribution in [-0.2, 0) is 16.1 Å². The highest BCUT2D eigenvalue weighted by Gasteiger charge is 2.24. The fourth-order valence-corrected chi connectivity index (χ4v) is 2.59. The first-order valence-corrected chi connectivity index (χ1v) is 6.76. The average Bonchev–Trinajstić information content (AvgIpc) is 2.85. The highest BCUT2D eigenvalue weighted by atomic mass is 16.5. The molecule has 0 saturated carbocycles. The van der Waals surface area contributed by atoms with Crippen LogP contribution < -0.4 is 5.32 Å². The number of methoxy groups -OCH3 is 1. The molecular formula is C15H20N2O3. The predicted octanol–water partition coefficient (Wildman–Crippen LogP) is 1.18. The lowest BCUT2D eigenvalue weighted by Gasteiger charge is -2.18. The van der Waals surface area contributed by atoms with Crippen molar-refractivity contribution in [3.8, 4) is 0 Å². The third kappa shape index (κ3) is 3.57. The van der Waals surface area contributed by atoms with Gasteiger partial charge in [0.15, 0.2) is 0 Å². The van der Waals surface area contributed by atoms with Crippen molar-refractivity contribution in [2.75, 3.05) is 20.2 Å². The van der Waals surface area contributed by atoms with E-state index in [-0.39, 0.29) is 17.9 Å². The number of benzene rings is 1. The summed E-state index contributed by atoms with van der Waals surface area (Å²) in [5.41, 5.74) is 1.57. The van der Waals surface area contributed by atoms with Crippen LogP contribution in [0.3, 0.4) is 0 Å². The fourth-order valence-electron chi connectivity index (χ4n) is 2.59. The van der Waals surface area contributed by atoms with Crippen molar-refractivity contribution >= 4 is 11.9 Å². The number of amides is 1. The molecule has 0 aromatic heterocycles. The normalized spacial score (nSPS) is 18.8. The molecule has 1 heterocycles. The van der Waals surface area contributed by atoms with Crippen molar-refractivity contribution in [1.82, 2.24) is 10.2 Å². The molecule has 2 rings (SSSR count). The molecule has 1 aliphatic heterocycles. The van der Waals surface area contributed by atoms with Crippen LogP contribution in [0.15, 0.2) is 24.3 Å². The molecule has 1 aliphatic rings. The van der Waals surface area contributed by atoms with Crippen LogP contribution in [0.5, 0.6) is 0 Å². The largest absolute Gasteiger partial charge is 0.465 e. The first kappa shape index (κ1) is 14.5. The Labute approximate surface area is 118 Å². The van der Waals surface area contributed by atoms with Crippen molar-refractivity contribution in [3.05, 3.63) is 35.4 Å². The van der Waals surface area contributed by atoms with Crippen LogP contribution in [0.1, 0.15) is 29.3 Å². The standard InChI is InChI=1S/C15H20N2O3/c1-11(18)16-13-7-8-17(10-13)9-12-5-3-4-6-14(12)15(19)20-2/h3-6,13H,7-10H2,1-2H3,(H,16,18). The minimum atomic E-state index is -0.307. The van der Waals surface area contributed by atoms with Gasteiger partial charge in [-0.05, 0) is 18.1 Å². The van der Waals surface area contributed by atoms with E-state index in [2.05, 4.69) is 10.2 Å². The second-order valence-electron chi connectivity index (χ2n) is 5.07. The van der Waals surface area contributed by atoms with Gasteiger partial charge in [-0.25, -0.2) is 4.79 Å². The summed E-state index contributed by atoms with van der Waals surface area (Å²) in [5, 5.41) is 2.93. The third-order valence-corrected chi connectivity index (χ3v) is 3.50. The van der Waals surface area contributed by atoms with Gasteiger partial charge < -0.3 is 10.1 Å². The number of nitrogens with one attached hydrogen (secondary N) is 1. The molecule has 5 nitrogen and oxygen atoms in total. The molecule has 1 aromatic carbocycles. The second-order valence-corrected chi connectivity index (χ2v) is 5.07. The lowest BCUT2D eigenvalue weighted by molar-refractivity contribution is -0.119. The maximum Gasteiger partial charge on any atom is 0.338 e. The Morgan fingerprint density at radius 1 is 1.40 bits per heavy atom. The Morgan fingerprint density at radius 2 is 2.15 bits per heavy atom. The molecule has 1 saturated heterocycles. The highest BCUT2D eigenvalue weighted by molar-refractivity contribution is 5.90. The van der Waals surface area contributed by atoms with E-state index in [1.807, 2.05) is 18.2 Å². The number of esters is 1. The van der Waals surface area contributed by atoms with Gasteiger partial charge in [-0.15, -0.1) is 0 Å². The van der Waals surface area contributed by atoms with E-state index in [1.165, 1.54) is 14.0 Å². The van der Waals surface area contributed by atoms with Crippen molar-refractivity contribution in [2.45, 2.75) is 25.9 Å². The number of ether oxygens (including phenoxy) is 1. The van der Waals surface area contributed by atoms with E-state index in [4.69, 9.17) is 4.74 Å². The zero-order chi connectivity index (χ0) is 14.5. The molecule has 0 aliphatic carbocycles. The summed E-state index contributed by atoms with van der Waals surface area (Å²) in [6, 6.07) is 7.68. The van der Waals surface area contributed by atoms with E-state index in [1.54, 1.807) is 6.07 Å². The van der Waals surface area contributed by atoms with Gasteiger partial charge in [0, 0.05) is 32.6 Å². The van der Waals surface area contributed by atoms with E-state index >= 15 is 0 Å². The minimum absolute atomic E-state index is 0.00631. The van der Waals surface area contributed by atoms with E-state index < -0.39 is 0 Å². The summed E-state index contributed by atoms with van der Waals surface area (Å²) in [4.78, 5) is 25.0. The van der Waals surface area contributed by atoms with Crippen molar-refractivity contribution in [2.24, 2.45) is 0 Å². The molecule has 1 atom stereocenters. The van der Waals surface area contributed by atoms with Crippen LogP contribution >= 0.6 is 0 Å². The first-order chi connectivity index (χ1) is 9.60. The predicted molar refractivity (Wildman–Crippen MR) is 75.3 cm³/mol. The highest BCUT2D eigenvalue weighted by Crippen LogP contribution is 2.17. The topological polar surface area (TPSA) is 58.6 Å². The molecule has 1 aromatic rings. The fraction of sp³-hybridized carbons (Fsp3) is 0.467. The lowest BCUT2D eigenvalue weighted by atomic mass is 10.1. The van der Waals surface area contributed by atoms with Gasteiger partial charge in [0.2, 0.25) is 5.91 Å². The molecule has 1 N–H and O–H groups in total. The maximum atomic E-state index is 11.7. The number of likely N-dealkylation sites (tertiary alicyclic amines) is 1. The SMILES string of the molecule is COC(=O)c1ccccc1CN1CCC(NC(C)=O)C1. The summed E-state index contributed by atoms with van der Waals surface area (Å²) in [6.07, 6.45) is 0.944. The maximum absolute atomic E-state index is 11.7. The molecule has 108 valence electrons. The third-order valence-electron chi connectivity index (χ3n) is 3.50. The van der Waals surface area contributed by atoms with Crippen LogP contribution in [-0.4, -0.2) is 43.0 Å². The molecule has 0 spiro atoms. The Hall–Kier alpha value is -1.88. The zero-order valence-electron chi connectivity index (χ0n) is 11.9. The molecule has 1 amide bonds. The Kier molecular flexibility index (Phi) is 4.74. The van der Waals surface area contributed by atoms with E-state index in [0.29, 0.717) is 12.1 Å². The molecule has 1 fully saturated rings. The van der Waals surface area contributed by atoms with Crippen LogP contribution in [0.25, 0.3) is 0 Å². The van der Waals surface area contributed by atoms with Crippen LogP contribution in [0.2, 0.25) is 0 Å². The van der Waals surface area contributed by atoms with Gasteiger partial charge in [0.25, 0.3) is 0 Å². The number of carbonyl (C=O) groups is 2. The van der Waals surface area contributed by atoms with Gasteiger partial charge in [-0.1, -0.05) is 18.2 Å². The number of hydrogen-bond donors (Lipinski definition) is 1. The quantitative estimate of drug-likeness (QED) is 0.839. The van der Waals surface area contributed by atoms with Crippen LogP contribution in [0, 0.1) is 0 Å². The molecule has 0 bridgehead atoms. The first-order valence-electron chi connectivity index (χ1n) is 6.76. The van der Waals surface area contributed by atoms with Crippen molar-refractivity contribution in [3.63, 3.8) is 0 Å². The summed E-state index contributed by atoms with van der Waals surface area (Å²) in [5.74, 6) is -0.301. The van der Waals surface area contributed by atoms with Crippen LogP contribution in [0.4, 0.5) is 0 Å². The average molecular weight is 276 g/mol. The van der Waals surface area contributed by atoms with Gasteiger partial charge >= 0.3 is 5.97 Å². The summed E-state index contributed by atoms with van der Waals surface area (Å²) >= 11 is 0. The van der Waals surface area contributed by atoms with E-state index in [9.17, 15) is 9.59 Å². The van der Waals surface area contributed by atoms with Gasteiger partial charge in [0.05, 0.1) is 12.7 Å². The molecule has 20 heavy (non-hydrogen) atoms. The lowest BCUT2D eigenvalue weighted by Crippen LogP contribution is -2.35. The second kappa shape index (κ2) is 6.52. The van der Waals surface area contributed by atoms with Gasteiger partial charge in [0.1, 0.15) is 0 Å². The summed E-state index contributed by atoms with van der Waals surface area (Å²) < 4.78 is 4.80. The smallest absolute Gasteiger partial charge is 0.338 e. The molecular weight excluding hydrogens is 256 g/mol. The number of carbonyl (C=O) groups excluding carboxylic acids is 2. The number of rotatable bonds is 4. The molecule has 1 unspecified atom stereocenters.